The first kappa shape index (κ1) is 31.0. The van der Waals surface area contributed by atoms with E-state index in [-0.39, 0.29) is 95.7 Å². The molecule has 2 N–H and O–H groups in total. The van der Waals surface area contributed by atoms with Crippen LogP contribution in [0, 0.1) is 0 Å². The molecule has 10 heteroatoms. The topological polar surface area (TPSA) is 133 Å². The zero-order valence-electron chi connectivity index (χ0n) is 16.4. The third kappa shape index (κ3) is 16.5. The van der Waals surface area contributed by atoms with Gasteiger partial charge in [-0.15, -0.1) is 0 Å². The summed E-state index contributed by atoms with van der Waals surface area (Å²) in [7, 11) is 0. The van der Waals surface area contributed by atoms with Crippen molar-refractivity contribution in [2.24, 2.45) is 4.99 Å². The summed E-state index contributed by atoms with van der Waals surface area (Å²) in [4.78, 5) is 25.8. The maximum atomic E-state index is 11.7. The molecule has 140 valence electrons. The number of aliphatic imine (C=N–C) groups is 1. The third-order valence-electron chi connectivity index (χ3n) is 3.87. The van der Waals surface area contributed by atoms with Gasteiger partial charge >= 0.3 is 65.1 Å². The van der Waals surface area contributed by atoms with Gasteiger partial charge in [0.25, 0.3) is 0 Å². The number of quaternary nitrogens is 1. The van der Waals surface area contributed by atoms with Gasteiger partial charge < -0.3 is 29.7 Å². The van der Waals surface area contributed by atoms with Gasteiger partial charge in [0.05, 0.1) is 25.7 Å². The van der Waals surface area contributed by atoms with Crippen molar-refractivity contribution in [2.75, 3.05) is 39.3 Å². The molecule has 0 aliphatic heterocycles. The normalized spacial score (nSPS) is 13.2. The van der Waals surface area contributed by atoms with Crippen LogP contribution < -0.4 is 69.3 Å². The molecular weight excluding hydrogens is 362 g/mol. The van der Waals surface area contributed by atoms with E-state index in [1.54, 1.807) is 0 Å². The summed E-state index contributed by atoms with van der Waals surface area (Å²) in [5, 5.41) is 40.7. The third-order valence-corrected chi connectivity index (χ3v) is 3.87. The van der Waals surface area contributed by atoms with Crippen molar-refractivity contribution in [1.82, 2.24) is 0 Å². The number of rotatable bonds is 15. The van der Waals surface area contributed by atoms with Crippen LogP contribution in [0.15, 0.2) is 4.99 Å². The summed E-state index contributed by atoms with van der Waals surface area (Å²) < 4.78 is -0.387. The number of aliphatic hydroxyl groups excluding tert-OH is 1. The molecule has 0 bridgehead atoms. The van der Waals surface area contributed by atoms with Crippen molar-refractivity contribution in [2.45, 2.75) is 45.4 Å². The molecule has 0 saturated carbocycles. The summed E-state index contributed by atoms with van der Waals surface area (Å²) >= 11 is 0. The van der Waals surface area contributed by atoms with Crippen LogP contribution in [0.4, 0.5) is 0 Å². The Labute approximate surface area is 199 Å². The first-order valence-corrected chi connectivity index (χ1v) is 8.43. The van der Waals surface area contributed by atoms with Crippen molar-refractivity contribution in [3.8, 4) is 0 Å². The van der Waals surface area contributed by atoms with E-state index in [2.05, 4.69) is 11.9 Å². The Kier molecular flexibility index (Phi) is 22.3. The van der Waals surface area contributed by atoms with Crippen LogP contribution in [0.5, 0.6) is 0 Å². The van der Waals surface area contributed by atoms with E-state index in [9.17, 15) is 19.8 Å². The van der Waals surface area contributed by atoms with Crippen LogP contribution >= 0.6 is 0 Å². The number of aliphatic carboxylic acids is 2. The smallest absolute Gasteiger partial charge is 0.862 e. The Morgan fingerprint density at radius 1 is 1.00 bits per heavy atom. The quantitative estimate of drug-likeness (QED) is 0.0937. The molecular formula is C16H29N2Na2O6+. The minimum Gasteiger partial charge on any atom is -0.862 e. The molecule has 0 fully saturated rings. The van der Waals surface area contributed by atoms with E-state index in [1.807, 2.05) is 0 Å². The Morgan fingerprint density at radius 3 is 2.12 bits per heavy atom. The van der Waals surface area contributed by atoms with Crippen LogP contribution in [-0.4, -0.2) is 71.9 Å². The fourth-order valence-corrected chi connectivity index (χ4v) is 2.60. The molecule has 0 aromatic rings. The number of carboxylic acids is 2. The fourth-order valence-electron chi connectivity index (χ4n) is 2.60. The molecule has 26 heavy (non-hydrogen) atoms. The predicted octanol–water partition coefficient (Wildman–Crippen LogP) is -7.24. The number of unbranched alkanes of at least 4 members (excludes halogenated alkanes) is 4. The summed E-state index contributed by atoms with van der Waals surface area (Å²) in [5.41, 5.74) is 0. The van der Waals surface area contributed by atoms with Gasteiger partial charge in [0.15, 0.2) is 6.54 Å². The molecule has 1 atom stereocenters. The van der Waals surface area contributed by atoms with Gasteiger partial charge in [-0.25, -0.2) is 4.79 Å². The van der Waals surface area contributed by atoms with E-state index in [4.69, 9.17) is 10.2 Å². The maximum absolute atomic E-state index is 11.7. The van der Waals surface area contributed by atoms with Crippen molar-refractivity contribution in [3.05, 3.63) is 0 Å². The Bertz CT molecular complexity index is 406. The van der Waals surface area contributed by atoms with Crippen LogP contribution in [-0.2, 0) is 9.59 Å². The summed E-state index contributed by atoms with van der Waals surface area (Å²) in [6, 6.07) is 0. The molecule has 0 amide bonds. The van der Waals surface area contributed by atoms with E-state index < -0.39 is 25.0 Å². The van der Waals surface area contributed by atoms with Crippen LogP contribution in [0.2, 0.25) is 0 Å². The van der Waals surface area contributed by atoms with Gasteiger partial charge in [0, 0.05) is 0 Å². The molecule has 0 radical (unpaired) electrons. The molecule has 0 aliphatic rings. The first-order chi connectivity index (χ1) is 11.3. The van der Waals surface area contributed by atoms with Gasteiger partial charge in [-0.05, 0) is 18.7 Å². The number of carboxylic acid groups (broad SMARTS) is 2. The fraction of sp³-hybridized carbons (Fsp3) is 0.812. The molecule has 0 rings (SSSR count). The molecule has 1 unspecified atom stereocenters. The minimum atomic E-state index is -1.40. The number of carbonyl (C=O) groups excluding carboxylic acids is 1. The second-order valence-electron chi connectivity index (χ2n) is 6.03. The second-order valence-corrected chi connectivity index (χ2v) is 6.03. The number of carbonyl (C=O) groups is 2. The van der Waals surface area contributed by atoms with Crippen LogP contribution in [0.25, 0.3) is 0 Å². The maximum Gasteiger partial charge on any atom is 1.00 e. The number of aliphatic hydroxyl groups is 1. The van der Waals surface area contributed by atoms with E-state index in [0.29, 0.717) is 6.42 Å². The van der Waals surface area contributed by atoms with Gasteiger partial charge in [0.1, 0.15) is 13.1 Å². The minimum absolute atomic E-state index is 0. The van der Waals surface area contributed by atoms with Crippen LogP contribution in [0.1, 0.15) is 45.4 Å². The van der Waals surface area contributed by atoms with Crippen molar-refractivity contribution in [3.63, 3.8) is 0 Å². The predicted molar refractivity (Wildman–Crippen MR) is 85.1 cm³/mol. The van der Waals surface area contributed by atoms with E-state index >= 15 is 0 Å². The first-order valence-electron chi connectivity index (χ1n) is 8.43. The van der Waals surface area contributed by atoms with E-state index in [1.165, 1.54) is 0 Å². The second kappa shape index (κ2) is 18.7. The SMILES string of the molecule is CCCCCCCC([O-])=NCC[N+](CCO)(CC(=O)[O-])CC(=O)O.[Na+].[Na+]. The van der Waals surface area contributed by atoms with Gasteiger partial charge in [-0.1, -0.05) is 32.6 Å². The molecule has 0 heterocycles. The van der Waals surface area contributed by atoms with Crippen molar-refractivity contribution < 1.29 is 93.6 Å². The molecule has 8 nitrogen and oxygen atoms in total. The monoisotopic (exact) mass is 391 g/mol. The molecule has 0 aromatic heterocycles. The zero-order chi connectivity index (χ0) is 18.4. The molecule has 0 saturated heterocycles. The summed E-state index contributed by atoms with van der Waals surface area (Å²) in [6.45, 7) is 0.813. The van der Waals surface area contributed by atoms with E-state index in [0.717, 1.165) is 32.1 Å². The van der Waals surface area contributed by atoms with Crippen molar-refractivity contribution in [1.29, 1.82) is 0 Å². The Morgan fingerprint density at radius 2 is 1.62 bits per heavy atom. The molecule has 0 aliphatic carbocycles. The Hall–Kier alpha value is 0.330. The standard InChI is InChI=1S/C16H30N2O6.2Na/c1-2-3-4-5-6-7-14(20)17-8-9-18(10-11-19,12-15(21)22)13-16(23)24;;/h19H,2-13H2,1H3,(H2-,17,20,21,22,23,24);;/q;2*+1/p-1. The number of hydrogen-bond donors (Lipinski definition) is 2. The molecule has 0 spiro atoms. The summed E-state index contributed by atoms with van der Waals surface area (Å²) in [6.07, 6.45) is 5.46. The van der Waals surface area contributed by atoms with Gasteiger partial charge in [-0.2, -0.15) is 0 Å². The number of hydrogen-bond acceptors (Lipinski definition) is 6. The largest absolute Gasteiger partial charge is 1.00 e. The average molecular weight is 391 g/mol. The zero-order valence-corrected chi connectivity index (χ0v) is 20.4. The molecule has 0 aromatic carbocycles. The van der Waals surface area contributed by atoms with Gasteiger partial charge in [-0.3, -0.25) is 4.99 Å². The van der Waals surface area contributed by atoms with Crippen molar-refractivity contribution >= 4 is 17.8 Å². The van der Waals surface area contributed by atoms with Gasteiger partial charge in [0.2, 0.25) is 0 Å². The van der Waals surface area contributed by atoms with Crippen LogP contribution in [0.3, 0.4) is 0 Å². The Balaban J connectivity index is -0.00000264. The average Bonchev–Trinajstić information content (AvgIpc) is 2.45. The summed E-state index contributed by atoms with van der Waals surface area (Å²) in [5.74, 6) is -2.82. The number of nitrogens with zero attached hydrogens (tertiary/aromatic N) is 2.